The number of hydrogen-bond donors (Lipinski definition) is 0. The van der Waals surface area contributed by atoms with Crippen LogP contribution in [0, 0.1) is 0 Å². The standard InChI is InChI=1S/C14H22O2/c1-4-6-10-16-13-9-8-12(7-5-2)11-14(13)15-3/h8-9,11H,4-7,10H2,1-3H3. The monoisotopic (exact) mass is 222 g/mol. The summed E-state index contributed by atoms with van der Waals surface area (Å²) in [6.45, 7) is 5.10. The molecule has 0 aliphatic carbocycles. The second kappa shape index (κ2) is 7.15. The highest BCUT2D eigenvalue weighted by Crippen LogP contribution is 2.28. The molecule has 0 atom stereocenters. The number of rotatable bonds is 7. The van der Waals surface area contributed by atoms with Crippen LogP contribution in [-0.2, 0) is 6.42 Å². The fourth-order valence-electron chi connectivity index (χ4n) is 1.60. The van der Waals surface area contributed by atoms with Gasteiger partial charge in [0.25, 0.3) is 0 Å². The molecule has 2 nitrogen and oxygen atoms in total. The summed E-state index contributed by atoms with van der Waals surface area (Å²) in [6, 6.07) is 6.21. The highest BCUT2D eigenvalue weighted by Gasteiger charge is 2.04. The van der Waals surface area contributed by atoms with Crippen molar-refractivity contribution in [3.05, 3.63) is 23.8 Å². The van der Waals surface area contributed by atoms with E-state index in [1.165, 1.54) is 5.56 Å². The van der Waals surface area contributed by atoms with Crippen LogP contribution in [0.1, 0.15) is 38.7 Å². The predicted octanol–water partition coefficient (Wildman–Crippen LogP) is 3.83. The van der Waals surface area contributed by atoms with E-state index in [4.69, 9.17) is 9.47 Å². The summed E-state index contributed by atoms with van der Waals surface area (Å²) in [5.74, 6) is 1.71. The van der Waals surface area contributed by atoms with Crippen LogP contribution in [0.2, 0.25) is 0 Å². The normalized spacial score (nSPS) is 10.2. The number of methoxy groups -OCH3 is 1. The van der Waals surface area contributed by atoms with Gasteiger partial charge in [-0.15, -0.1) is 0 Å². The molecule has 0 unspecified atom stereocenters. The highest BCUT2D eigenvalue weighted by atomic mass is 16.5. The summed E-state index contributed by atoms with van der Waals surface area (Å²) >= 11 is 0. The Morgan fingerprint density at radius 2 is 1.88 bits per heavy atom. The van der Waals surface area contributed by atoms with E-state index < -0.39 is 0 Å². The smallest absolute Gasteiger partial charge is 0.161 e. The first-order chi connectivity index (χ1) is 7.81. The summed E-state index contributed by atoms with van der Waals surface area (Å²) in [5, 5.41) is 0. The zero-order valence-electron chi connectivity index (χ0n) is 10.6. The van der Waals surface area contributed by atoms with Gasteiger partial charge < -0.3 is 9.47 Å². The van der Waals surface area contributed by atoms with Gasteiger partial charge in [0, 0.05) is 0 Å². The van der Waals surface area contributed by atoms with Gasteiger partial charge in [-0.05, 0) is 30.5 Å². The van der Waals surface area contributed by atoms with Crippen molar-refractivity contribution in [2.24, 2.45) is 0 Å². The maximum atomic E-state index is 5.68. The first-order valence-corrected chi connectivity index (χ1v) is 6.11. The van der Waals surface area contributed by atoms with E-state index in [1.807, 2.05) is 6.07 Å². The van der Waals surface area contributed by atoms with Gasteiger partial charge in [0.15, 0.2) is 11.5 Å². The molecule has 90 valence electrons. The number of aryl methyl sites for hydroxylation is 1. The third kappa shape index (κ3) is 3.76. The van der Waals surface area contributed by atoms with Gasteiger partial charge in [-0.1, -0.05) is 32.8 Å². The molecule has 1 rings (SSSR count). The summed E-state index contributed by atoms with van der Waals surface area (Å²) < 4.78 is 11.0. The quantitative estimate of drug-likeness (QED) is 0.653. The van der Waals surface area contributed by atoms with E-state index in [9.17, 15) is 0 Å². The molecule has 0 bridgehead atoms. The van der Waals surface area contributed by atoms with E-state index in [0.29, 0.717) is 0 Å². The third-order valence-electron chi connectivity index (χ3n) is 2.52. The Labute approximate surface area is 98.6 Å². The number of unbranched alkanes of at least 4 members (excludes halogenated alkanes) is 1. The van der Waals surface area contributed by atoms with E-state index >= 15 is 0 Å². The molecule has 2 heteroatoms. The Morgan fingerprint density at radius 1 is 1.06 bits per heavy atom. The van der Waals surface area contributed by atoms with Crippen LogP contribution in [0.5, 0.6) is 11.5 Å². The molecule has 0 spiro atoms. The molecule has 0 N–H and O–H groups in total. The van der Waals surface area contributed by atoms with Crippen molar-refractivity contribution in [1.29, 1.82) is 0 Å². The Hall–Kier alpha value is -1.18. The average molecular weight is 222 g/mol. The molecule has 0 aromatic heterocycles. The van der Waals surface area contributed by atoms with E-state index in [1.54, 1.807) is 7.11 Å². The van der Waals surface area contributed by atoms with Gasteiger partial charge in [-0.3, -0.25) is 0 Å². The zero-order valence-corrected chi connectivity index (χ0v) is 10.6. The summed E-state index contributed by atoms with van der Waals surface area (Å²) in [7, 11) is 1.69. The van der Waals surface area contributed by atoms with Gasteiger partial charge >= 0.3 is 0 Å². The van der Waals surface area contributed by atoms with Crippen molar-refractivity contribution in [2.45, 2.75) is 39.5 Å². The van der Waals surface area contributed by atoms with E-state index in [0.717, 1.165) is 43.8 Å². The third-order valence-corrected chi connectivity index (χ3v) is 2.52. The molecule has 0 aliphatic heterocycles. The topological polar surface area (TPSA) is 18.5 Å². The molecular weight excluding hydrogens is 200 g/mol. The SMILES string of the molecule is CCCCOc1ccc(CCC)cc1OC. The lowest BCUT2D eigenvalue weighted by atomic mass is 10.1. The van der Waals surface area contributed by atoms with Crippen LogP contribution in [0.15, 0.2) is 18.2 Å². The summed E-state index contributed by atoms with van der Waals surface area (Å²) in [4.78, 5) is 0. The molecule has 16 heavy (non-hydrogen) atoms. The Balaban J connectivity index is 2.68. The number of ether oxygens (including phenoxy) is 2. The molecular formula is C14H22O2. The van der Waals surface area contributed by atoms with Gasteiger partial charge in [0.05, 0.1) is 13.7 Å². The minimum atomic E-state index is 0.764. The lowest BCUT2D eigenvalue weighted by Gasteiger charge is -2.11. The largest absolute Gasteiger partial charge is 0.493 e. The lowest BCUT2D eigenvalue weighted by molar-refractivity contribution is 0.288. The maximum Gasteiger partial charge on any atom is 0.161 e. The molecule has 0 fully saturated rings. The number of benzene rings is 1. The van der Waals surface area contributed by atoms with Crippen LogP contribution in [0.4, 0.5) is 0 Å². The molecule has 0 amide bonds. The average Bonchev–Trinajstić information content (AvgIpc) is 2.31. The zero-order chi connectivity index (χ0) is 11.8. The van der Waals surface area contributed by atoms with Crippen LogP contribution in [0.25, 0.3) is 0 Å². The molecule has 0 saturated carbocycles. The Kier molecular flexibility index (Phi) is 5.76. The van der Waals surface area contributed by atoms with E-state index in [2.05, 4.69) is 26.0 Å². The van der Waals surface area contributed by atoms with Crippen molar-refractivity contribution in [3.63, 3.8) is 0 Å². The van der Waals surface area contributed by atoms with Gasteiger partial charge in [0.1, 0.15) is 0 Å². The molecule has 0 aliphatic rings. The van der Waals surface area contributed by atoms with Gasteiger partial charge in [-0.2, -0.15) is 0 Å². The van der Waals surface area contributed by atoms with Crippen molar-refractivity contribution in [2.75, 3.05) is 13.7 Å². The predicted molar refractivity (Wildman–Crippen MR) is 67.4 cm³/mol. The van der Waals surface area contributed by atoms with Crippen molar-refractivity contribution < 1.29 is 9.47 Å². The Bertz CT molecular complexity index is 308. The van der Waals surface area contributed by atoms with E-state index in [-0.39, 0.29) is 0 Å². The van der Waals surface area contributed by atoms with Crippen LogP contribution in [0.3, 0.4) is 0 Å². The Morgan fingerprint density at radius 3 is 2.50 bits per heavy atom. The first-order valence-electron chi connectivity index (χ1n) is 6.11. The minimum Gasteiger partial charge on any atom is -0.493 e. The molecule has 1 aromatic rings. The lowest BCUT2D eigenvalue weighted by Crippen LogP contribution is -1.99. The fourth-order valence-corrected chi connectivity index (χ4v) is 1.60. The molecule has 1 aromatic carbocycles. The van der Waals surface area contributed by atoms with Crippen molar-refractivity contribution in [3.8, 4) is 11.5 Å². The van der Waals surface area contributed by atoms with Crippen molar-refractivity contribution in [1.82, 2.24) is 0 Å². The second-order valence-electron chi connectivity index (χ2n) is 3.94. The van der Waals surface area contributed by atoms with Gasteiger partial charge in [0.2, 0.25) is 0 Å². The summed E-state index contributed by atoms with van der Waals surface area (Å²) in [5.41, 5.74) is 1.31. The molecule has 0 heterocycles. The number of hydrogen-bond acceptors (Lipinski definition) is 2. The van der Waals surface area contributed by atoms with Crippen LogP contribution >= 0.6 is 0 Å². The van der Waals surface area contributed by atoms with Gasteiger partial charge in [-0.25, -0.2) is 0 Å². The van der Waals surface area contributed by atoms with Crippen LogP contribution < -0.4 is 9.47 Å². The first kappa shape index (κ1) is 12.9. The summed E-state index contributed by atoms with van der Waals surface area (Å²) in [6.07, 6.45) is 4.47. The molecule has 0 radical (unpaired) electrons. The van der Waals surface area contributed by atoms with Crippen molar-refractivity contribution >= 4 is 0 Å². The van der Waals surface area contributed by atoms with Crippen LogP contribution in [-0.4, -0.2) is 13.7 Å². The minimum absolute atomic E-state index is 0.764. The fraction of sp³-hybridized carbons (Fsp3) is 0.571. The highest BCUT2D eigenvalue weighted by molar-refractivity contribution is 5.42. The molecule has 0 saturated heterocycles. The second-order valence-corrected chi connectivity index (χ2v) is 3.94. The maximum absolute atomic E-state index is 5.68.